The number of methoxy groups -OCH3 is 1. The van der Waals surface area contributed by atoms with E-state index < -0.39 is 0 Å². The van der Waals surface area contributed by atoms with Crippen LogP contribution in [0.5, 0.6) is 11.5 Å². The average molecular weight is 295 g/mol. The third-order valence-electron chi connectivity index (χ3n) is 3.69. The van der Waals surface area contributed by atoms with Gasteiger partial charge in [0, 0.05) is 0 Å². The second-order valence-corrected chi connectivity index (χ2v) is 5.20. The molecule has 0 aliphatic carbocycles. The van der Waals surface area contributed by atoms with Crippen LogP contribution in [-0.4, -0.2) is 13.7 Å². The molecule has 2 aromatic carbocycles. The molecule has 0 radical (unpaired) electrons. The van der Waals surface area contributed by atoms with Gasteiger partial charge in [-0.2, -0.15) is 5.26 Å². The molecule has 2 rings (SSSR count). The van der Waals surface area contributed by atoms with Crippen molar-refractivity contribution in [3.8, 4) is 17.6 Å². The summed E-state index contributed by atoms with van der Waals surface area (Å²) < 4.78 is 10.8. The van der Waals surface area contributed by atoms with Crippen molar-refractivity contribution in [1.29, 1.82) is 5.26 Å². The fourth-order valence-corrected chi connectivity index (χ4v) is 2.42. The van der Waals surface area contributed by atoms with E-state index in [1.807, 2.05) is 55.5 Å². The molecule has 0 aliphatic rings. The van der Waals surface area contributed by atoms with Crippen molar-refractivity contribution in [2.75, 3.05) is 13.7 Å². The van der Waals surface area contributed by atoms with Gasteiger partial charge in [0.1, 0.15) is 11.5 Å². The highest BCUT2D eigenvalue weighted by molar-refractivity contribution is 5.33. The van der Waals surface area contributed by atoms with Crippen LogP contribution >= 0.6 is 0 Å². The first-order valence-corrected chi connectivity index (χ1v) is 7.46. The van der Waals surface area contributed by atoms with Crippen molar-refractivity contribution in [3.63, 3.8) is 0 Å². The van der Waals surface area contributed by atoms with Crippen LogP contribution in [-0.2, 0) is 0 Å². The fraction of sp³-hybridized carbons (Fsp3) is 0.316. The minimum atomic E-state index is -0.0688. The molecule has 0 aliphatic heterocycles. The maximum Gasteiger partial charge on any atom is 0.119 e. The molecule has 1 unspecified atom stereocenters. The molecule has 1 atom stereocenters. The zero-order chi connectivity index (χ0) is 15.8. The predicted molar refractivity (Wildman–Crippen MR) is 87.3 cm³/mol. The maximum atomic E-state index is 9.37. The minimum Gasteiger partial charge on any atom is -0.497 e. The molecule has 0 saturated heterocycles. The SMILES string of the molecule is COc1ccc(OCCCC(C#N)c2ccccc2C)cc1. The molecular weight excluding hydrogens is 274 g/mol. The lowest BCUT2D eigenvalue weighted by molar-refractivity contribution is 0.304. The van der Waals surface area contributed by atoms with Gasteiger partial charge in [0.25, 0.3) is 0 Å². The summed E-state index contributed by atoms with van der Waals surface area (Å²) in [5, 5.41) is 9.37. The van der Waals surface area contributed by atoms with Crippen molar-refractivity contribution in [1.82, 2.24) is 0 Å². The number of nitrogens with zero attached hydrogens (tertiary/aromatic N) is 1. The van der Waals surface area contributed by atoms with Gasteiger partial charge in [-0.05, 0) is 55.2 Å². The Labute approximate surface area is 132 Å². The van der Waals surface area contributed by atoms with Crippen molar-refractivity contribution < 1.29 is 9.47 Å². The Hall–Kier alpha value is -2.47. The second kappa shape index (κ2) is 8.09. The first kappa shape index (κ1) is 15.9. The van der Waals surface area contributed by atoms with Crippen LogP contribution in [0.15, 0.2) is 48.5 Å². The number of hydrogen-bond acceptors (Lipinski definition) is 3. The number of ether oxygens (including phenoxy) is 2. The first-order chi connectivity index (χ1) is 10.7. The molecule has 0 spiro atoms. The van der Waals surface area contributed by atoms with Crippen LogP contribution in [0.2, 0.25) is 0 Å². The van der Waals surface area contributed by atoms with Crippen LogP contribution in [0.25, 0.3) is 0 Å². The summed E-state index contributed by atoms with van der Waals surface area (Å²) >= 11 is 0. The lowest BCUT2D eigenvalue weighted by Gasteiger charge is -2.12. The molecule has 22 heavy (non-hydrogen) atoms. The van der Waals surface area contributed by atoms with E-state index in [2.05, 4.69) is 6.07 Å². The summed E-state index contributed by atoms with van der Waals surface area (Å²) in [6, 6.07) is 18.0. The number of hydrogen-bond donors (Lipinski definition) is 0. The second-order valence-electron chi connectivity index (χ2n) is 5.20. The largest absolute Gasteiger partial charge is 0.497 e. The summed E-state index contributed by atoms with van der Waals surface area (Å²) in [5.74, 6) is 1.57. The van der Waals surface area contributed by atoms with Gasteiger partial charge < -0.3 is 9.47 Å². The van der Waals surface area contributed by atoms with Gasteiger partial charge in [-0.1, -0.05) is 24.3 Å². The Morgan fingerprint density at radius 3 is 2.36 bits per heavy atom. The van der Waals surface area contributed by atoms with Crippen LogP contribution in [0, 0.1) is 18.3 Å². The van der Waals surface area contributed by atoms with Crippen molar-refractivity contribution in [3.05, 3.63) is 59.7 Å². The molecule has 0 aromatic heterocycles. The molecule has 0 heterocycles. The molecule has 3 nitrogen and oxygen atoms in total. The molecule has 0 fully saturated rings. The van der Waals surface area contributed by atoms with E-state index in [4.69, 9.17) is 9.47 Å². The Bertz CT molecular complexity index is 629. The van der Waals surface area contributed by atoms with Gasteiger partial charge in [-0.3, -0.25) is 0 Å². The van der Waals surface area contributed by atoms with Crippen molar-refractivity contribution in [2.24, 2.45) is 0 Å². The number of benzene rings is 2. The molecular formula is C19H21NO2. The number of nitriles is 1. The van der Waals surface area contributed by atoms with Gasteiger partial charge in [0.2, 0.25) is 0 Å². The van der Waals surface area contributed by atoms with Crippen LogP contribution in [0.3, 0.4) is 0 Å². The van der Waals surface area contributed by atoms with Gasteiger partial charge in [0.15, 0.2) is 0 Å². The summed E-state index contributed by atoms with van der Waals surface area (Å²) in [4.78, 5) is 0. The number of rotatable bonds is 7. The molecule has 0 amide bonds. The lowest BCUT2D eigenvalue weighted by Crippen LogP contribution is -2.03. The Balaban J connectivity index is 1.82. The van der Waals surface area contributed by atoms with E-state index in [1.165, 1.54) is 5.56 Å². The van der Waals surface area contributed by atoms with Crippen LogP contribution < -0.4 is 9.47 Å². The van der Waals surface area contributed by atoms with E-state index in [9.17, 15) is 5.26 Å². The standard InChI is InChI=1S/C19H21NO2/c1-15-6-3-4-8-19(15)16(14-20)7-5-13-22-18-11-9-17(21-2)10-12-18/h3-4,6,8-12,16H,5,7,13H2,1-2H3. The quantitative estimate of drug-likeness (QED) is 0.708. The van der Waals surface area contributed by atoms with Crippen LogP contribution in [0.4, 0.5) is 0 Å². The van der Waals surface area contributed by atoms with E-state index in [-0.39, 0.29) is 5.92 Å². The monoisotopic (exact) mass is 295 g/mol. The van der Waals surface area contributed by atoms with E-state index in [1.54, 1.807) is 7.11 Å². The van der Waals surface area contributed by atoms with Crippen molar-refractivity contribution in [2.45, 2.75) is 25.7 Å². The predicted octanol–water partition coefficient (Wildman–Crippen LogP) is 4.47. The topological polar surface area (TPSA) is 42.2 Å². The zero-order valence-corrected chi connectivity index (χ0v) is 13.1. The molecule has 2 aromatic rings. The summed E-state index contributed by atoms with van der Waals surface area (Å²) in [7, 11) is 1.64. The summed E-state index contributed by atoms with van der Waals surface area (Å²) in [6.07, 6.45) is 1.65. The highest BCUT2D eigenvalue weighted by Gasteiger charge is 2.12. The molecule has 0 saturated carbocycles. The van der Waals surface area contributed by atoms with E-state index in [0.717, 1.165) is 29.9 Å². The van der Waals surface area contributed by atoms with Gasteiger partial charge in [0.05, 0.1) is 25.7 Å². The Morgan fingerprint density at radius 2 is 1.73 bits per heavy atom. The Kier molecular flexibility index (Phi) is 5.85. The third-order valence-corrected chi connectivity index (χ3v) is 3.69. The Morgan fingerprint density at radius 1 is 1.05 bits per heavy atom. The van der Waals surface area contributed by atoms with Gasteiger partial charge in [-0.15, -0.1) is 0 Å². The smallest absolute Gasteiger partial charge is 0.119 e. The van der Waals surface area contributed by atoms with E-state index >= 15 is 0 Å². The highest BCUT2D eigenvalue weighted by Crippen LogP contribution is 2.24. The average Bonchev–Trinajstić information content (AvgIpc) is 2.56. The third kappa shape index (κ3) is 4.26. The highest BCUT2D eigenvalue weighted by atomic mass is 16.5. The van der Waals surface area contributed by atoms with Crippen LogP contribution in [0.1, 0.15) is 29.9 Å². The molecule has 0 N–H and O–H groups in total. The molecule has 3 heteroatoms. The summed E-state index contributed by atoms with van der Waals surface area (Å²) in [6.45, 7) is 2.66. The normalized spacial score (nSPS) is 11.5. The first-order valence-electron chi connectivity index (χ1n) is 7.46. The molecule has 0 bridgehead atoms. The minimum absolute atomic E-state index is 0.0688. The van der Waals surface area contributed by atoms with Gasteiger partial charge >= 0.3 is 0 Å². The van der Waals surface area contributed by atoms with Gasteiger partial charge in [-0.25, -0.2) is 0 Å². The maximum absolute atomic E-state index is 9.37. The fourth-order valence-electron chi connectivity index (χ4n) is 2.42. The van der Waals surface area contributed by atoms with E-state index in [0.29, 0.717) is 6.61 Å². The summed E-state index contributed by atoms with van der Waals surface area (Å²) in [5.41, 5.74) is 2.29. The zero-order valence-electron chi connectivity index (χ0n) is 13.1. The molecule has 114 valence electrons. The number of aryl methyl sites for hydroxylation is 1. The van der Waals surface area contributed by atoms with Crippen molar-refractivity contribution >= 4 is 0 Å². The lowest BCUT2D eigenvalue weighted by atomic mass is 9.92.